The van der Waals surface area contributed by atoms with Crippen molar-refractivity contribution in [3.8, 4) is 0 Å². The lowest BCUT2D eigenvalue weighted by atomic mass is 10.1. The zero-order valence-electron chi connectivity index (χ0n) is 10.7. The molecule has 1 aromatic heterocycles. The summed E-state index contributed by atoms with van der Waals surface area (Å²) in [6, 6.07) is 14.0. The number of aryl methyl sites for hydroxylation is 1. The van der Waals surface area contributed by atoms with Crippen molar-refractivity contribution < 1.29 is 4.79 Å². The Bertz CT molecular complexity index is 538. The summed E-state index contributed by atoms with van der Waals surface area (Å²) in [6.45, 7) is 2.68. The first kappa shape index (κ1) is 14.3. The van der Waals surface area contributed by atoms with Gasteiger partial charge in [0, 0.05) is 11.4 Å². The average Bonchev–Trinajstić information content (AvgIpc) is 2.94. The van der Waals surface area contributed by atoms with Crippen LogP contribution in [0.15, 0.2) is 42.5 Å². The minimum Gasteiger partial charge on any atom is -0.350 e. The molecule has 1 N–H and O–H groups in total. The monoisotopic (exact) mass is 337 g/mol. The molecular weight excluding hydrogens is 322 g/mol. The minimum atomic E-state index is 0.00470. The first-order valence-corrected chi connectivity index (χ1v) is 8.00. The molecule has 0 spiro atoms. The van der Waals surface area contributed by atoms with E-state index in [9.17, 15) is 4.79 Å². The lowest BCUT2D eigenvalue weighted by Gasteiger charge is -2.10. The fourth-order valence-electron chi connectivity index (χ4n) is 1.74. The van der Waals surface area contributed by atoms with Crippen LogP contribution in [0.4, 0.5) is 0 Å². The number of thiophene rings is 1. The quantitative estimate of drug-likeness (QED) is 0.815. The highest BCUT2D eigenvalue weighted by molar-refractivity contribution is 9.09. The predicted octanol–water partition coefficient (Wildman–Crippen LogP) is 4.18. The van der Waals surface area contributed by atoms with E-state index in [-0.39, 0.29) is 10.7 Å². The van der Waals surface area contributed by atoms with Gasteiger partial charge >= 0.3 is 0 Å². The van der Waals surface area contributed by atoms with E-state index < -0.39 is 0 Å². The van der Waals surface area contributed by atoms with E-state index >= 15 is 0 Å². The highest BCUT2D eigenvalue weighted by Crippen LogP contribution is 2.22. The molecule has 1 unspecified atom stereocenters. The molecule has 1 atom stereocenters. The first-order chi connectivity index (χ1) is 9.20. The second-order valence-corrected chi connectivity index (χ2v) is 6.48. The summed E-state index contributed by atoms with van der Waals surface area (Å²) >= 11 is 5.16. The fourth-order valence-corrected chi connectivity index (χ4v) is 3.07. The minimum absolute atomic E-state index is 0.00470. The number of amides is 1. The molecule has 2 rings (SSSR count). The Hall–Kier alpha value is -1.13. The van der Waals surface area contributed by atoms with E-state index in [1.807, 2.05) is 42.5 Å². The van der Waals surface area contributed by atoms with Gasteiger partial charge in [0.05, 0.1) is 9.70 Å². The Balaban J connectivity index is 1.90. The number of benzene rings is 1. The van der Waals surface area contributed by atoms with Crippen molar-refractivity contribution in [1.82, 2.24) is 5.32 Å². The summed E-state index contributed by atoms with van der Waals surface area (Å²) in [5.41, 5.74) is 1.17. The Morgan fingerprint density at radius 3 is 2.63 bits per heavy atom. The third kappa shape index (κ3) is 3.91. The van der Waals surface area contributed by atoms with Crippen LogP contribution in [-0.2, 0) is 6.42 Å². The topological polar surface area (TPSA) is 29.1 Å². The SMILES string of the molecule is CCc1ccc(C(=O)NCC(Br)c2ccccc2)s1. The molecule has 1 heterocycles. The van der Waals surface area contributed by atoms with Crippen molar-refractivity contribution in [2.45, 2.75) is 18.2 Å². The molecule has 4 heteroatoms. The van der Waals surface area contributed by atoms with Gasteiger partial charge in [0.25, 0.3) is 5.91 Å². The van der Waals surface area contributed by atoms with Crippen molar-refractivity contribution in [2.75, 3.05) is 6.54 Å². The average molecular weight is 338 g/mol. The molecule has 2 nitrogen and oxygen atoms in total. The van der Waals surface area contributed by atoms with Crippen LogP contribution in [-0.4, -0.2) is 12.5 Å². The lowest BCUT2D eigenvalue weighted by Crippen LogP contribution is -2.25. The van der Waals surface area contributed by atoms with Gasteiger partial charge in [0.15, 0.2) is 0 Å². The Morgan fingerprint density at radius 1 is 1.26 bits per heavy atom. The van der Waals surface area contributed by atoms with Crippen molar-refractivity contribution >= 4 is 33.2 Å². The van der Waals surface area contributed by atoms with E-state index in [1.54, 1.807) is 11.3 Å². The zero-order valence-corrected chi connectivity index (χ0v) is 13.1. The second kappa shape index (κ2) is 6.87. The maximum Gasteiger partial charge on any atom is 0.261 e. The van der Waals surface area contributed by atoms with E-state index in [4.69, 9.17) is 0 Å². The molecule has 0 aliphatic carbocycles. The van der Waals surface area contributed by atoms with Crippen LogP contribution in [0.3, 0.4) is 0 Å². The van der Waals surface area contributed by atoms with Gasteiger partial charge in [-0.15, -0.1) is 11.3 Å². The summed E-state index contributed by atoms with van der Waals surface area (Å²) in [5.74, 6) is 0.00470. The predicted molar refractivity (Wildman–Crippen MR) is 84.1 cm³/mol. The Labute approximate surface area is 126 Å². The number of halogens is 1. The molecule has 0 saturated heterocycles. The molecule has 0 bridgehead atoms. The van der Waals surface area contributed by atoms with Gasteiger partial charge in [0.2, 0.25) is 0 Å². The van der Waals surface area contributed by atoms with Gasteiger partial charge in [-0.05, 0) is 24.1 Å². The molecule has 0 fully saturated rings. The van der Waals surface area contributed by atoms with Crippen LogP contribution in [0.5, 0.6) is 0 Å². The number of nitrogens with one attached hydrogen (secondary N) is 1. The maximum atomic E-state index is 12.0. The summed E-state index contributed by atoms with van der Waals surface area (Å²) in [5, 5.41) is 2.96. The van der Waals surface area contributed by atoms with Crippen molar-refractivity contribution in [3.63, 3.8) is 0 Å². The summed E-state index contributed by atoms with van der Waals surface area (Å²) < 4.78 is 0. The molecule has 0 aliphatic heterocycles. The van der Waals surface area contributed by atoms with Crippen LogP contribution in [0.2, 0.25) is 0 Å². The molecule has 100 valence electrons. The third-order valence-corrected chi connectivity index (χ3v) is 4.92. The van der Waals surface area contributed by atoms with Crippen LogP contribution >= 0.6 is 27.3 Å². The summed E-state index contributed by atoms with van der Waals surface area (Å²) in [7, 11) is 0. The number of hydrogen-bond donors (Lipinski definition) is 1. The van der Waals surface area contributed by atoms with Gasteiger partial charge in [-0.1, -0.05) is 53.2 Å². The van der Waals surface area contributed by atoms with Gasteiger partial charge in [-0.2, -0.15) is 0 Å². The molecule has 19 heavy (non-hydrogen) atoms. The van der Waals surface area contributed by atoms with Gasteiger partial charge in [-0.3, -0.25) is 4.79 Å². The van der Waals surface area contributed by atoms with Crippen LogP contribution in [0.1, 0.15) is 31.9 Å². The van der Waals surface area contributed by atoms with Crippen molar-refractivity contribution in [2.24, 2.45) is 0 Å². The standard InChI is InChI=1S/C15H16BrNOS/c1-2-12-8-9-14(19-12)15(18)17-10-13(16)11-6-4-3-5-7-11/h3-9,13H,2,10H2,1H3,(H,17,18). The number of carbonyl (C=O) groups excluding carboxylic acids is 1. The van der Waals surface area contributed by atoms with Crippen molar-refractivity contribution in [1.29, 1.82) is 0 Å². The summed E-state index contributed by atoms with van der Waals surface area (Å²) in [6.07, 6.45) is 0.975. The number of hydrogen-bond acceptors (Lipinski definition) is 2. The highest BCUT2D eigenvalue weighted by Gasteiger charge is 2.12. The molecule has 0 saturated carbocycles. The fraction of sp³-hybridized carbons (Fsp3) is 0.267. The third-order valence-electron chi connectivity index (χ3n) is 2.84. The Morgan fingerprint density at radius 2 is 2.00 bits per heavy atom. The molecule has 1 amide bonds. The maximum absolute atomic E-state index is 12.0. The zero-order chi connectivity index (χ0) is 13.7. The van der Waals surface area contributed by atoms with Gasteiger partial charge in [-0.25, -0.2) is 0 Å². The van der Waals surface area contributed by atoms with Crippen LogP contribution in [0.25, 0.3) is 0 Å². The largest absolute Gasteiger partial charge is 0.350 e. The van der Waals surface area contributed by atoms with E-state index in [1.165, 1.54) is 10.4 Å². The summed E-state index contributed by atoms with van der Waals surface area (Å²) in [4.78, 5) is 14.2. The molecular formula is C15H16BrNOS. The van der Waals surface area contributed by atoms with Crippen molar-refractivity contribution in [3.05, 3.63) is 57.8 Å². The highest BCUT2D eigenvalue weighted by atomic mass is 79.9. The van der Waals surface area contributed by atoms with E-state index in [2.05, 4.69) is 28.2 Å². The van der Waals surface area contributed by atoms with Crippen LogP contribution in [0, 0.1) is 0 Å². The molecule has 0 aliphatic rings. The number of rotatable bonds is 5. The van der Waals surface area contributed by atoms with Gasteiger partial charge in [0.1, 0.15) is 0 Å². The number of carbonyl (C=O) groups is 1. The molecule has 1 aromatic carbocycles. The number of alkyl halides is 1. The second-order valence-electron chi connectivity index (χ2n) is 4.21. The lowest BCUT2D eigenvalue weighted by molar-refractivity contribution is 0.0958. The first-order valence-electron chi connectivity index (χ1n) is 6.26. The smallest absolute Gasteiger partial charge is 0.261 e. The normalized spacial score (nSPS) is 12.1. The molecule has 0 radical (unpaired) electrons. The van der Waals surface area contributed by atoms with E-state index in [0.29, 0.717) is 6.54 Å². The Kier molecular flexibility index (Phi) is 5.16. The van der Waals surface area contributed by atoms with E-state index in [0.717, 1.165) is 11.3 Å². The van der Waals surface area contributed by atoms with Gasteiger partial charge < -0.3 is 5.32 Å². The van der Waals surface area contributed by atoms with Crippen LogP contribution < -0.4 is 5.32 Å². The molecule has 2 aromatic rings.